The zero-order chi connectivity index (χ0) is 17.2. The quantitative estimate of drug-likeness (QED) is 0.180. The van der Waals surface area contributed by atoms with Crippen LogP contribution in [0, 0.1) is 0 Å². The van der Waals surface area contributed by atoms with Gasteiger partial charge < -0.3 is 4.74 Å². The normalized spacial score (nSPS) is 12.3. The Kier molecular flexibility index (Phi) is 18.0. The summed E-state index contributed by atoms with van der Waals surface area (Å²) in [5.41, 5.74) is 0. The molecule has 0 aliphatic rings. The van der Waals surface area contributed by atoms with Crippen molar-refractivity contribution in [1.82, 2.24) is 0 Å². The van der Waals surface area contributed by atoms with Crippen LogP contribution in [0.1, 0.15) is 110 Å². The molecule has 0 aliphatic heterocycles. The Morgan fingerprint density at radius 1 is 0.739 bits per heavy atom. The van der Waals surface area contributed by atoms with E-state index in [1.165, 1.54) is 77.0 Å². The van der Waals surface area contributed by atoms with Gasteiger partial charge in [0.1, 0.15) is 0 Å². The Morgan fingerprint density at radius 3 is 1.70 bits per heavy atom. The standard InChI is InChI=1S/C20H40O2S/c1-3-5-7-9-11-12-13-15-17-19(23)20(21)22-18-16-14-10-8-6-4-2/h19,23H,3-18H2,1-2H3. The van der Waals surface area contributed by atoms with Gasteiger partial charge in [0.15, 0.2) is 0 Å². The number of ether oxygens (including phenoxy) is 1. The number of unbranched alkanes of at least 4 members (excludes halogenated alkanes) is 12. The third-order valence-electron chi connectivity index (χ3n) is 4.35. The second-order valence-electron chi connectivity index (χ2n) is 6.71. The minimum Gasteiger partial charge on any atom is -0.465 e. The molecule has 0 N–H and O–H groups in total. The van der Waals surface area contributed by atoms with E-state index in [4.69, 9.17) is 4.74 Å². The van der Waals surface area contributed by atoms with Crippen LogP contribution in [0.25, 0.3) is 0 Å². The van der Waals surface area contributed by atoms with Crippen molar-refractivity contribution in [2.45, 2.75) is 115 Å². The van der Waals surface area contributed by atoms with Crippen molar-refractivity contribution in [2.24, 2.45) is 0 Å². The SMILES string of the molecule is CCCCCCCCCCC(S)C(=O)OCCCCCCCC. The largest absolute Gasteiger partial charge is 0.465 e. The van der Waals surface area contributed by atoms with Crippen LogP contribution in [0.4, 0.5) is 0 Å². The lowest BCUT2D eigenvalue weighted by Gasteiger charge is -2.10. The first-order valence-electron chi connectivity index (χ1n) is 10.1. The van der Waals surface area contributed by atoms with Crippen LogP contribution in [-0.2, 0) is 9.53 Å². The van der Waals surface area contributed by atoms with E-state index in [1.807, 2.05) is 0 Å². The predicted octanol–water partition coefficient (Wildman–Crippen LogP) is 6.72. The third-order valence-corrected chi connectivity index (χ3v) is 4.81. The van der Waals surface area contributed by atoms with Gasteiger partial charge in [-0.25, -0.2) is 0 Å². The Balaban J connectivity index is 3.35. The molecule has 138 valence electrons. The summed E-state index contributed by atoms with van der Waals surface area (Å²) >= 11 is 4.39. The molecule has 0 aromatic heterocycles. The molecule has 0 spiro atoms. The maximum atomic E-state index is 11.8. The molecule has 3 heteroatoms. The number of hydrogen-bond acceptors (Lipinski definition) is 3. The van der Waals surface area contributed by atoms with E-state index in [0.717, 1.165) is 19.3 Å². The summed E-state index contributed by atoms with van der Waals surface area (Å²) in [6, 6.07) is 0. The number of carbonyl (C=O) groups excluding carboxylic acids is 1. The smallest absolute Gasteiger partial charge is 0.318 e. The van der Waals surface area contributed by atoms with Gasteiger partial charge in [0.05, 0.1) is 11.9 Å². The average Bonchev–Trinajstić information content (AvgIpc) is 2.56. The van der Waals surface area contributed by atoms with Gasteiger partial charge in [-0.3, -0.25) is 4.79 Å². The fourth-order valence-corrected chi connectivity index (χ4v) is 3.00. The maximum absolute atomic E-state index is 11.8. The molecule has 0 amide bonds. The van der Waals surface area contributed by atoms with E-state index in [-0.39, 0.29) is 11.2 Å². The molecule has 0 saturated heterocycles. The Bertz CT molecular complexity index is 256. The number of hydrogen-bond donors (Lipinski definition) is 1. The summed E-state index contributed by atoms with van der Waals surface area (Å²) < 4.78 is 5.32. The Labute approximate surface area is 150 Å². The van der Waals surface area contributed by atoms with E-state index >= 15 is 0 Å². The number of thiol groups is 1. The summed E-state index contributed by atoms with van der Waals surface area (Å²) in [7, 11) is 0. The van der Waals surface area contributed by atoms with E-state index in [2.05, 4.69) is 26.5 Å². The van der Waals surface area contributed by atoms with E-state index in [9.17, 15) is 4.79 Å². The lowest BCUT2D eigenvalue weighted by Crippen LogP contribution is -2.18. The third kappa shape index (κ3) is 16.5. The van der Waals surface area contributed by atoms with E-state index in [1.54, 1.807) is 0 Å². The van der Waals surface area contributed by atoms with E-state index in [0.29, 0.717) is 6.61 Å². The van der Waals surface area contributed by atoms with Crippen molar-refractivity contribution >= 4 is 18.6 Å². The fraction of sp³-hybridized carbons (Fsp3) is 0.950. The number of carbonyl (C=O) groups is 1. The lowest BCUT2D eigenvalue weighted by atomic mass is 10.1. The highest BCUT2D eigenvalue weighted by Gasteiger charge is 2.14. The summed E-state index contributed by atoms with van der Waals surface area (Å²) in [6.45, 7) is 5.04. The molecule has 0 rings (SSSR count). The monoisotopic (exact) mass is 344 g/mol. The first kappa shape index (κ1) is 22.8. The Hall–Kier alpha value is -0.180. The van der Waals surface area contributed by atoms with Crippen LogP contribution in [0.5, 0.6) is 0 Å². The van der Waals surface area contributed by atoms with Gasteiger partial charge >= 0.3 is 5.97 Å². The molecule has 2 nitrogen and oxygen atoms in total. The second-order valence-corrected chi connectivity index (χ2v) is 7.34. The highest BCUT2D eigenvalue weighted by atomic mass is 32.1. The van der Waals surface area contributed by atoms with Gasteiger partial charge in [0.2, 0.25) is 0 Å². The molecule has 0 heterocycles. The molecule has 1 atom stereocenters. The number of rotatable bonds is 17. The first-order chi connectivity index (χ1) is 11.2. The van der Waals surface area contributed by atoms with Crippen LogP contribution in [0.2, 0.25) is 0 Å². The summed E-state index contributed by atoms with van der Waals surface area (Å²) in [5, 5.41) is -0.227. The molecule has 0 aliphatic carbocycles. The van der Waals surface area contributed by atoms with Crippen LogP contribution in [-0.4, -0.2) is 17.8 Å². The molecule has 0 aromatic carbocycles. The topological polar surface area (TPSA) is 26.3 Å². The minimum absolute atomic E-state index is 0.121. The molecular weight excluding hydrogens is 304 g/mol. The van der Waals surface area contributed by atoms with Gasteiger partial charge in [-0.1, -0.05) is 97.3 Å². The average molecular weight is 345 g/mol. The fourth-order valence-electron chi connectivity index (χ4n) is 2.74. The van der Waals surface area contributed by atoms with Crippen molar-refractivity contribution in [3.8, 4) is 0 Å². The maximum Gasteiger partial charge on any atom is 0.318 e. The highest BCUT2D eigenvalue weighted by molar-refractivity contribution is 7.81. The molecule has 1 unspecified atom stereocenters. The van der Waals surface area contributed by atoms with Crippen molar-refractivity contribution < 1.29 is 9.53 Å². The Morgan fingerprint density at radius 2 is 1.17 bits per heavy atom. The van der Waals surface area contributed by atoms with Crippen LogP contribution in [0.15, 0.2) is 0 Å². The first-order valence-corrected chi connectivity index (χ1v) is 10.6. The molecule has 0 radical (unpaired) electrons. The molecule has 23 heavy (non-hydrogen) atoms. The highest BCUT2D eigenvalue weighted by Crippen LogP contribution is 2.14. The summed E-state index contributed by atoms with van der Waals surface area (Å²) in [6.07, 6.45) is 18.5. The van der Waals surface area contributed by atoms with Crippen LogP contribution < -0.4 is 0 Å². The zero-order valence-corrected chi connectivity index (χ0v) is 16.5. The minimum atomic E-state index is -0.227. The predicted molar refractivity (Wildman–Crippen MR) is 104 cm³/mol. The zero-order valence-electron chi connectivity index (χ0n) is 15.7. The van der Waals surface area contributed by atoms with Crippen LogP contribution in [0.3, 0.4) is 0 Å². The van der Waals surface area contributed by atoms with Crippen molar-refractivity contribution in [3.63, 3.8) is 0 Å². The second kappa shape index (κ2) is 18.2. The molecular formula is C20H40O2S. The van der Waals surface area contributed by atoms with Gasteiger partial charge in [-0.2, -0.15) is 12.6 Å². The van der Waals surface area contributed by atoms with Gasteiger partial charge in [0, 0.05) is 0 Å². The summed E-state index contributed by atoms with van der Waals surface area (Å²) in [4.78, 5) is 11.8. The molecule has 0 fully saturated rings. The number of esters is 1. The van der Waals surface area contributed by atoms with Gasteiger partial charge in [0.25, 0.3) is 0 Å². The van der Waals surface area contributed by atoms with Crippen LogP contribution >= 0.6 is 12.6 Å². The van der Waals surface area contributed by atoms with Crippen molar-refractivity contribution in [2.75, 3.05) is 6.61 Å². The van der Waals surface area contributed by atoms with E-state index < -0.39 is 0 Å². The van der Waals surface area contributed by atoms with Gasteiger partial charge in [-0.05, 0) is 12.8 Å². The molecule has 0 saturated carbocycles. The van der Waals surface area contributed by atoms with Crippen molar-refractivity contribution in [1.29, 1.82) is 0 Å². The van der Waals surface area contributed by atoms with Gasteiger partial charge in [-0.15, -0.1) is 0 Å². The van der Waals surface area contributed by atoms with Crippen molar-refractivity contribution in [3.05, 3.63) is 0 Å². The molecule has 0 bridgehead atoms. The lowest BCUT2D eigenvalue weighted by molar-refractivity contribution is -0.143. The summed E-state index contributed by atoms with van der Waals surface area (Å²) in [5.74, 6) is -0.121. The molecule has 0 aromatic rings.